The van der Waals surface area contributed by atoms with E-state index in [-0.39, 0.29) is 0 Å². The van der Waals surface area contributed by atoms with E-state index in [4.69, 9.17) is 0 Å². The number of benzene rings is 2. The van der Waals surface area contributed by atoms with Crippen LogP contribution in [0.4, 0.5) is 0 Å². The zero-order chi connectivity index (χ0) is 14.5. The second-order valence-electron chi connectivity index (χ2n) is 5.24. The summed E-state index contributed by atoms with van der Waals surface area (Å²) in [4.78, 5) is 1.31. The lowest BCUT2D eigenvalue weighted by atomic mass is 10.0. The molecule has 1 nitrogen and oxygen atoms in total. The molecule has 0 bridgehead atoms. The van der Waals surface area contributed by atoms with Gasteiger partial charge in [0.05, 0.1) is 0 Å². The molecule has 2 aromatic rings. The van der Waals surface area contributed by atoms with Gasteiger partial charge >= 0.3 is 0 Å². The fraction of sp³-hybridized carbons (Fsp3) is 0.333. The van der Waals surface area contributed by atoms with E-state index in [0.29, 0.717) is 12.1 Å². The highest BCUT2D eigenvalue weighted by Gasteiger charge is 2.12. The summed E-state index contributed by atoms with van der Waals surface area (Å²) in [6.45, 7) is 6.63. The van der Waals surface area contributed by atoms with Gasteiger partial charge in [0.2, 0.25) is 0 Å². The van der Waals surface area contributed by atoms with Crippen LogP contribution in [0.1, 0.15) is 42.6 Å². The van der Waals surface area contributed by atoms with E-state index in [1.165, 1.54) is 21.6 Å². The van der Waals surface area contributed by atoms with Gasteiger partial charge in [0.15, 0.2) is 0 Å². The van der Waals surface area contributed by atoms with Crippen LogP contribution in [0.2, 0.25) is 0 Å². The van der Waals surface area contributed by atoms with E-state index in [1.807, 2.05) is 0 Å². The molecule has 0 aliphatic carbocycles. The molecule has 2 aromatic carbocycles. The summed E-state index contributed by atoms with van der Waals surface area (Å²) in [6, 6.07) is 18.1. The Kier molecular flexibility index (Phi) is 5.27. The van der Waals surface area contributed by atoms with Gasteiger partial charge in [-0.15, -0.1) is 11.8 Å². The molecule has 0 spiro atoms. The van der Waals surface area contributed by atoms with E-state index in [1.54, 1.807) is 11.8 Å². The van der Waals surface area contributed by atoms with Gasteiger partial charge in [-0.2, -0.15) is 0 Å². The SMILES string of the molecule is CSc1ccc(C(C)NC(C)c2ccccc2C)cc1. The zero-order valence-electron chi connectivity index (χ0n) is 12.7. The second kappa shape index (κ2) is 6.96. The molecule has 0 amide bonds. The molecule has 0 radical (unpaired) electrons. The molecule has 20 heavy (non-hydrogen) atoms. The minimum Gasteiger partial charge on any atom is -0.304 e. The third-order valence-electron chi connectivity index (χ3n) is 3.77. The topological polar surface area (TPSA) is 12.0 Å². The minimum atomic E-state index is 0.348. The molecule has 2 rings (SSSR count). The molecule has 0 heterocycles. The normalized spacial score (nSPS) is 14.0. The predicted octanol–water partition coefficient (Wildman–Crippen LogP) is 5.13. The number of rotatable bonds is 5. The smallest absolute Gasteiger partial charge is 0.0300 e. The maximum absolute atomic E-state index is 3.68. The lowest BCUT2D eigenvalue weighted by Gasteiger charge is -2.22. The van der Waals surface area contributed by atoms with Crippen molar-refractivity contribution in [2.45, 2.75) is 37.8 Å². The van der Waals surface area contributed by atoms with Gasteiger partial charge in [-0.1, -0.05) is 36.4 Å². The Balaban J connectivity index is 2.06. The molecule has 2 heteroatoms. The molecular formula is C18H23NS. The lowest BCUT2D eigenvalue weighted by molar-refractivity contribution is 0.493. The van der Waals surface area contributed by atoms with Crippen LogP contribution < -0.4 is 5.32 Å². The first kappa shape index (κ1) is 15.1. The Morgan fingerprint density at radius 1 is 0.900 bits per heavy atom. The summed E-state index contributed by atoms with van der Waals surface area (Å²) in [5.41, 5.74) is 4.06. The quantitative estimate of drug-likeness (QED) is 0.764. The first-order chi connectivity index (χ1) is 9.61. The van der Waals surface area contributed by atoms with E-state index in [9.17, 15) is 0 Å². The number of aryl methyl sites for hydroxylation is 1. The van der Waals surface area contributed by atoms with E-state index in [2.05, 4.69) is 80.9 Å². The number of hydrogen-bond acceptors (Lipinski definition) is 2. The summed E-state index contributed by atoms with van der Waals surface area (Å²) in [5, 5.41) is 3.68. The van der Waals surface area contributed by atoms with Crippen molar-refractivity contribution >= 4 is 11.8 Å². The maximum atomic E-state index is 3.68. The van der Waals surface area contributed by atoms with Crippen LogP contribution in [0.25, 0.3) is 0 Å². The second-order valence-corrected chi connectivity index (χ2v) is 6.12. The predicted molar refractivity (Wildman–Crippen MR) is 89.4 cm³/mol. The fourth-order valence-electron chi connectivity index (χ4n) is 2.53. The van der Waals surface area contributed by atoms with Gasteiger partial charge in [0.1, 0.15) is 0 Å². The van der Waals surface area contributed by atoms with Crippen molar-refractivity contribution in [2.24, 2.45) is 0 Å². The molecule has 0 aliphatic heterocycles. The lowest BCUT2D eigenvalue weighted by Crippen LogP contribution is -2.23. The molecule has 2 unspecified atom stereocenters. The van der Waals surface area contributed by atoms with Crippen molar-refractivity contribution in [2.75, 3.05) is 6.26 Å². The van der Waals surface area contributed by atoms with Crippen molar-refractivity contribution < 1.29 is 0 Å². The van der Waals surface area contributed by atoms with Gasteiger partial charge in [-0.25, -0.2) is 0 Å². The van der Waals surface area contributed by atoms with Crippen LogP contribution in [0, 0.1) is 6.92 Å². The van der Waals surface area contributed by atoms with Crippen molar-refractivity contribution in [1.29, 1.82) is 0 Å². The highest BCUT2D eigenvalue weighted by molar-refractivity contribution is 7.98. The molecule has 0 fully saturated rings. The van der Waals surface area contributed by atoms with Gasteiger partial charge in [0, 0.05) is 17.0 Å². The summed E-state index contributed by atoms with van der Waals surface area (Å²) in [6.07, 6.45) is 2.11. The Bertz CT molecular complexity index is 548. The first-order valence-corrected chi connectivity index (χ1v) is 8.30. The Morgan fingerprint density at radius 3 is 2.15 bits per heavy atom. The average molecular weight is 285 g/mol. The summed E-state index contributed by atoms with van der Waals surface area (Å²) in [5.74, 6) is 0. The zero-order valence-corrected chi connectivity index (χ0v) is 13.5. The largest absolute Gasteiger partial charge is 0.304 e. The van der Waals surface area contributed by atoms with Crippen LogP contribution in [0.5, 0.6) is 0 Å². The monoisotopic (exact) mass is 285 g/mol. The van der Waals surface area contributed by atoms with Crippen LogP contribution in [0.15, 0.2) is 53.4 Å². The van der Waals surface area contributed by atoms with Crippen LogP contribution in [-0.2, 0) is 0 Å². The van der Waals surface area contributed by atoms with E-state index >= 15 is 0 Å². The molecule has 0 saturated heterocycles. The molecule has 106 valence electrons. The summed E-state index contributed by atoms with van der Waals surface area (Å²) in [7, 11) is 0. The highest BCUT2D eigenvalue weighted by atomic mass is 32.2. The van der Waals surface area contributed by atoms with Crippen molar-refractivity contribution in [3.63, 3.8) is 0 Å². The third-order valence-corrected chi connectivity index (χ3v) is 4.51. The van der Waals surface area contributed by atoms with Crippen LogP contribution in [0.3, 0.4) is 0 Å². The van der Waals surface area contributed by atoms with Gasteiger partial charge in [-0.05, 0) is 55.9 Å². The van der Waals surface area contributed by atoms with Crippen LogP contribution in [-0.4, -0.2) is 6.26 Å². The molecule has 0 saturated carbocycles. The van der Waals surface area contributed by atoms with E-state index < -0.39 is 0 Å². The van der Waals surface area contributed by atoms with Crippen LogP contribution >= 0.6 is 11.8 Å². The summed E-state index contributed by atoms with van der Waals surface area (Å²) < 4.78 is 0. The molecule has 0 aliphatic rings. The van der Waals surface area contributed by atoms with Gasteiger partial charge < -0.3 is 5.32 Å². The fourth-order valence-corrected chi connectivity index (χ4v) is 2.93. The molecule has 2 atom stereocenters. The molecule has 0 aromatic heterocycles. The standard InChI is InChI=1S/C18H23NS/c1-13-7-5-6-8-18(13)15(3)19-14(2)16-9-11-17(20-4)12-10-16/h5-12,14-15,19H,1-4H3. The molecular weight excluding hydrogens is 262 g/mol. The average Bonchev–Trinajstić information content (AvgIpc) is 2.47. The Labute approximate surface area is 126 Å². The van der Waals surface area contributed by atoms with Crippen molar-refractivity contribution in [3.05, 3.63) is 65.2 Å². The Morgan fingerprint density at radius 2 is 1.55 bits per heavy atom. The van der Waals surface area contributed by atoms with Gasteiger partial charge in [0.25, 0.3) is 0 Å². The first-order valence-electron chi connectivity index (χ1n) is 7.07. The van der Waals surface area contributed by atoms with Gasteiger partial charge in [-0.3, -0.25) is 0 Å². The van der Waals surface area contributed by atoms with E-state index in [0.717, 1.165) is 0 Å². The minimum absolute atomic E-state index is 0.348. The number of thioether (sulfide) groups is 1. The summed E-state index contributed by atoms with van der Waals surface area (Å²) >= 11 is 1.78. The maximum Gasteiger partial charge on any atom is 0.0300 e. The Hall–Kier alpha value is -1.25. The molecule has 1 N–H and O–H groups in total. The number of nitrogens with one attached hydrogen (secondary N) is 1. The highest BCUT2D eigenvalue weighted by Crippen LogP contribution is 2.23. The third kappa shape index (κ3) is 3.65. The van der Waals surface area contributed by atoms with Crippen molar-refractivity contribution in [1.82, 2.24) is 5.32 Å². The number of hydrogen-bond donors (Lipinski definition) is 1. The van der Waals surface area contributed by atoms with Crippen molar-refractivity contribution in [3.8, 4) is 0 Å².